The van der Waals surface area contributed by atoms with Crippen LogP contribution >= 0.6 is 0 Å². The largest absolute Gasteiger partial charge is 0.481 e. The molecule has 1 aromatic rings. The number of carboxylic acids is 1. The molecule has 7 nitrogen and oxygen atoms in total. The Bertz CT molecular complexity index is 592. The van der Waals surface area contributed by atoms with Gasteiger partial charge in [0.05, 0.1) is 0 Å². The Kier molecular flexibility index (Phi) is 6.17. The van der Waals surface area contributed by atoms with E-state index in [4.69, 9.17) is 5.11 Å². The first-order valence-corrected chi connectivity index (χ1v) is 8.08. The van der Waals surface area contributed by atoms with E-state index < -0.39 is 5.97 Å². The van der Waals surface area contributed by atoms with E-state index in [1.165, 1.54) is 0 Å². The second kappa shape index (κ2) is 8.33. The lowest BCUT2D eigenvalue weighted by molar-refractivity contribution is -0.137. The van der Waals surface area contributed by atoms with E-state index in [1.54, 1.807) is 9.80 Å². The van der Waals surface area contributed by atoms with E-state index in [0.717, 1.165) is 5.56 Å². The summed E-state index contributed by atoms with van der Waals surface area (Å²) in [4.78, 5) is 38.2. The Morgan fingerprint density at radius 2 is 1.62 bits per heavy atom. The molecule has 2 N–H and O–H groups in total. The summed E-state index contributed by atoms with van der Waals surface area (Å²) in [5.74, 6) is -0.885. The van der Waals surface area contributed by atoms with Crippen molar-refractivity contribution in [3.05, 3.63) is 35.4 Å². The van der Waals surface area contributed by atoms with Crippen molar-refractivity contribution < 1.29 is 19.5 Å². The summed E-state index contributed by atoms with van der Waals surface area (Å²) in [6, 6.07) is 7.25. The number of hydrogen-bond acceptors (Lipinski definition) is 3. The van der Waals surface area contributed by atoms with Gasteiger partial charge in [0, 0.05) is 44.7 Å². The van der Waals surface area contributed by atoms with E-state index >= 15 is 0 Å². The normalized spacial score (nSPS) is 14.4. The van der Waals surface area contributed by atoms with E-state index in [9.17, 15) is 14.4 Å². The van der Waals surface area contributed by atoms with E-state index in [1.807, 2.05) is 31.2 Å². The number of aryl methyl sites for hydroxylation is 1. The third-order valence-electron chi connectivity index (χ3n) is 4.00. The molecule has 3 amide bonds. The molecule has 130 valence electrons. The number of aliphatic carboxylic acids is 1. The van der Waals surface area contributed by atoms with E-state index in [-0.39, 0.29) is 18.4 Å². The molecule has 1 fully saturated rings. The average Bonchev–Trinajstić information content (AvgIpc) is 2.58. The highest BCUT2D eigenvalue weighted by Gasteiger charge is 2.24. The number of piperazine rings is 1. The van der Waals surface area contributed by atoms with Gasteiger partial charge in [-0.1, -0.05) is 17.7 Å². The Morgan fingerprint density at radius 3 is 2.21 bits per heavy atom. The molecule has 1 aromatic carbocycles. The van der Waals surface area contributed by atoms with Gasteiger partial charge in [0.25, 0.3) is 5.91 Å². The number of hydrogen-bond donors (Lipinski definition) is 2. The van der Waals surface area contributed by atoms with E-state index in [0.29, 0.717) is 44.7 Å². The highest BCUT2D eigenvalue weighted by Crippen LogP contribution is 2.10. The summed E-state index contributed by atoms with van der Waals surface area (Å²) < 4.78 is 0. The fraction of sp³-hybridized carbons (Fsp3) is 0.471. The summed E-state index contributed by atoms with van der Waals surface area (Å²) in [5.41, 5.74) is 1.77. The predicted octanol–water partition coefficient (Wildman–Crippen LogP) is 1.33. The van der Waals surface area contributed by atoms with E-state index in [2.05, 4.69) is 5.32 Å². The smallest absolute Gasteiger partial charge is 0.317 e. The molecular weight excluding hydrogens is 310 g/mol. The molecular formula is C17H23N3O4. The van der Waals surface area contributed by atoms with Crippen molar-refractivity contribution in [1.29, 1.82) is 0 Å². The van der Waals surface area contributed by atoms with Gasteiger partial charge in [-0.05, 0) is 25.5 Å². The lowest BCUT2D eigenvalue weighted by Gasteiger charge is -2.34. The third-order valence-corrected chi connectivity index (χ3v) is 4.00. The number of benzene rings is 1. The maximum absolute atomic E-state index is 12.4. The molecule has 24 heavy (non-hydrogen) atoms. The summed E-state index contributed by atoms with van der Waals surface area (Å²) in [6.45, 7) is 4.25. The van der Waals surface area contributed by atoms with Gasteiger partial charge >= 0.3 is 12.0 Å². The van der Waals surface area contributed by atoms with Crippen LogP contribution in [-0.2, 0) is 4.79 Å². The maximum Gasteiger partial charge on any atom is 0.317 e. The first-order chi connectivity index (χ1) is 11.5. The fourth-order valence-corrected chi connectivity index (χ4v) is 2.54. The van der Waals surface area contributed by atoms with Gasteiger partial charge in [0.15, 0.2) is 0 Å². The Morgan fingerprint density at radius 1 is 1.04 bits per heavy atom. The van der Waals surface area contributed by atoms with Crippen molar-refractivity contribution in [2.24, 2.45) is 0 Å². The van der Waals surface area contributed by atoms with Crippen LogP contribution in [0, 0.1) is 6.92 Å². The van der Waals surface area contributed by atoms with Crippen molar-refractivity contribution >= 4 is 17.9 Å². The molecule has 0 aliphatic carbocycles. The maximum atomic E-state index is 12.4. The zero-order valence-electron chi connectivity index (χ0n) is 13.8. The molecule has 0 unspecified atom stereocenters. The second-order valence-electron chi connectivity index (χ2n) is 5.87. The van der Waals surface area contributed by atoms with Crippen LogP contribution in [0.3, 0.4) is 0 Å². The van der Waals surface area contributed by atoms with Crippen LogP contribution in [0.4, 0.5) is 4.79 Å². The Labute approximate surface area is 141 Å². The molecule has 2 rings (SSSR count). The monoisotopic (exact) mass is 333 g/mol. The lowest BCUT2D eigenvalue weighted by atomic mass is 10.1. The Balaban J connectivity index is 1.76. The number of carboxylic acid groups (broad SMARTS) is 1. The highest BCUT2D eigenvalue weighted by molar-refractivity contribution is 5.94. The molecule has 1 heterocycles. The van der Waals surface area contributed by atoms with Crippen LogP contribution in [0.15, 0.2) is 24.3 Å². The number of carbonyl (C=O) groups excluding carboxylic acids is 2. The standard InChI is InChI=1S/C17H23N3O4/c1-13-4-6-14(7-5-13)16(23)19-9-11-20(12-10-19)17(24)18-8-2-3-15(21)22/h4-7H,2-3,8-12H2,1H3,(H,18,24)(H,21,22). The molecule has 1 aliphatic heterocycles. The number of carbonyl (C=O) groups is 3. The number of nitrogens with one attached hydrogen (secondary N) is 1. The minimum Gasteiger partial charge on any atom is -0.481 e. The minimum absolute atomic E-state index is 0.0171. The van der Waals surface area contributed by atoms with Crippen LogP contribution in [0.5, 0.6) is 0 Å². The van der Waals surface area contributed by atoms with Crippen molar-refractivity contribution in [1.82, 2.24) is 15.1 Å². The topological polar surface area (TPSA) is 90.0 Å². The first kappa shape index (κ1) is 17.8. The Hall–Kier alpha value is -2.57. The van der Waals surface area contributed by atoms with Crippen LogP contribution < -0.4 is 5.32 Å². The number of urea groups is 1. The molecule has 1 aliphatic rings. The van der Waals surface area contributed by atoms with Crippen LogP contribution in [-0.4, -0.2) is 65.5 Å². The highest BCUT2D eigenvalue weighted by atomic mass is 16.4. The van der Waals surface area contributed by atoms with Gasteiger partial charge in [0.2, 0.25) is 0 Å². The molecule has 0 bridgehead atoms. The van der Waals surface area contributed by atoms with Crippen molar-refractivity contribution in [2.75, 3.05) is 32.7 Å². The SMILES string of the molecule is Cc1ccc(C(=O)N2CCN(C(=O)NCCCC(=O)O)CC2)cc1. The molecule has 1 saturated heterocycles. The van der Waals surface area contributed by atoms with Gasteiger partial charge in [-0.15, -0.1) is 0 Å². The molecule has 0 saturated carbocycles. The van der Waals surface area contributed by atoms with Gasteiger partial charge in [-0.3, -0.25) is 9.59 Å². The van der Waals surface area contributed by atoms with Crippen molar-refractivity contribution in [2.45, 2.75) is 19.8 Å². The molecule has 7 heteroatoms. The predicted molar refractivity (Wildman–Crippen MR) is 88.9 cm³/mol. The van der Waals surface area contributed by atoms with Gasteiger partial charge in [-0.2, -0.15) is 0 Å². The van der Waals surface area contributed by atoms with Gasteiger partial charge in [0.1, 0.15) is 0 Å². The molecule has 0 radical (unpaired) electrons. The first-order valence-electron chi connectivity index (χ1n) is 8.08. The van der Waals surface area contributed by atoms with Crippen LogP contribution in [0.2, 0.25) is 0 Å². The zero-order valence-corrected chi connectivity index (χ0v) is 13.8. The lowest BCUT2D eigenvalue weighted by Crippen LogP contribution is -2.53. The van der Waals surface area contributed by atoms with Crippen LogP contribution in [0.25, 0.3) is 0 Å². The summed E-state index contributed by atoms with van der Waals surface area (Å²) in [7, 11) is 0. The summed E-state index contributed by atoms with van der Waals surface area (Å²) in [5, 5.41) is 11.3. The molecule has 0 spiro atoms. The summed E-state index contributed by atoms with van der Waals surface area (Å²) in [6.07, 6.45) is 0.450. The molecule has 0 atom stereocenters. The van der Waals surface area contributed by atoms with Crippen molar-refractivity contribution in [3.8, 4) is 0 Å². The van der Waals surface area contributed by atoms with Crippen molar-refractivity contribution in [3.63, 3.8) is 0 Å². The summed E-state index contributed by atoms with van der Waals surface area (Å²) >= 11 is 0. The fourth-order valence-electron chi connectivity index (χ4n) is 2.54. The van der Waals surface area contributed by atoms with Crippen LogP contribution in [0.1, 0.15) is 28.8 Å². The number of amides is 3. The third kappa shape index (κ3) is 4.97. The van der Waals surface area contributed by atoms with Gasteiger partial charge < -0.3 is 20.2 Å². The molecule has 0 aromatic heterocycles. The zero-order chi connectivity index (χ0) is 17.5. The quantitative estimate of drug-likeness (QED) is 0.796. The second-order valence-corrected chi connectivity index (χ2v) is 5.87. The van der Waals surface area contributed by atoms with Gasteiger partial charge in [-0.25, -0.2) is 4.79 Å². The number of rotatable bonds is 5. The minimum atomic E-state index is -0.868. The number of nitrogens with zero attached hydrogens (tertiary/aromatic N) is 2. The average molecular weight is 333 g/mol.